The van der Waals surface area contributed by atoms with Crippen LogP contribution in [-0.4, -0.2) is 23.7 Å². The highest BCUT2D eigenvalue weighted by Crippen LogP contribution is 2.16. The van der Waals surface area contributed by atoms with Crippen LogP contribution in [0.15, 0.2) is 24.3 Å². The highest BCUT2D eigenvalue weighted by molar-refractivity contribution is 5.77. The number of para-hydroxylation sites is 1. The Labute approximate surface area is 87.9 Å². The molecule has 0 aliphatic carbocycles. The van der Waals surface area contributed by atoms with Crippen molar-refractivity contribution in [3.05, 3.63) is 29.8 Å². The van der Waals surface area contributed by atoms with E-state index in [1.54, 1.807) is 12.1 Å². The van der Waals surface area contributed by atoms with Crippen LogP contribution in [0.2, 0.25) is 0 Å². The summed E-state index contributed by atoms with van der Waals surface area (Å²) in [6.45, 7) is 0.962. The van der Waals surface area contributed by atoms with Gasteiger partial charge in [-0.25, -0.2) is 0 Å². The second kappa shape index (κ2) is 4.31. The van der Waals surface area contributed by atoms with E-state index in [0.717, 1.165) is 5.56 Å². The molecule has 2 N–H and O–H groups in total. The number of benzene rings is 1. The van der Waals surface area contributed by atoms with Crippen molar-refractivity contribution in [1.82, 2.24) is 5.32 Å². The number of phenolic OH excluding ortho intramolecular Hbond substituents is 1. The molecule has 15 heavy (non-hydrogen) atoms. The van der Waals surface area contributed by atoms with Gasteiger partial charge in [0.1, 0.15) is 11.8 Å². The van der Waals surface area contributed by atoms with Crippen molar-refractivity contribution in [2.75, 3.05) is 6.61 Å². The number of hydrogen-bond acceptors (Lipinski definition) is 4. The average Bonchev–Trinajstić information content (AvgIpc) is 2.63. The zero-order valence-electron chi connectivity index (χ0n) is 8.27. The van der Waals surface area contributed by atoms with Gasteiger partial charge in [-0.3, -0.25) is 4.79 Å². The Balaban J connectivity index is 1.93. The van der Waals surface area contributed by atoms with Crippen LogP contribution in [0.5, 0.6) is 5.75 Å². The minimum absolute atomic E-state index is 0.203. The van der Waals surface area contributed by atoms with E-state index in [1.165, 1.54) is 0 Å². The van der Waals surface area contributed by atoms with Gasteiger partial charge in [0, 0.05) is 18.5 Å². The molecule has 1 aliphatic rings. The summed E-state index contributed by atoms with van der Waals surface area (Å²) in [7, 11) is 0. The lowest BCUT2D eigenvalue weighted by atomic mass is 10.2. The van der Waals surface area contributed by atoms with E-state index < -0.39 is 0 Å². The van der Waals surface area contributed by atoms with Crippen LogP contribution in [0.1, 0.15) is 12.0 Å². The summed E-state index contributed by atoms with van der Waals surface area (Å²) >= 11 is 0. The van der Waals surface area contributed by atoms with Gasteiger partial charge in [0.05, 0.1) is 6.61 Å². The summed E-state index contributed by atoms with van der Waals surface area (Å²) in [6, 6.07) is 6.84. The predicted octanol–water partition coefficient (Wildman–Crippen LogP) is 0.797. The number of esters is 1. The van der Waals surface area contributed by atoms with Crippen molar-refractivity contribution in [3.63, 3.8) is 0 Å². The molecule has 1 aromatic carbocycles. The van der Waals surface area contributed by atoms with E-state index in [-0.39, 0.29) is 17.8 Å². The molecule has 4 heteroatoms. The maximum atomic E-state index is 11.1. The molecule has 2 rings (SSSR count). The molecule has 1 atom stereocenters. The molecule has 1 saturated heterocycles. The number of cyclic esters (lactones) is 1. The third-order valence-electron chi connectivity index (χ3n) is 2.47. The standard InChI is InChI=1S/C11H13NO3/c13-10-4-2-1-3-8(10)7-12-9-5-6-15-11(9)14/h1-4,9,12-13H,5-7H2. The molecule has 0 aromatic heterocycles. The molecule has 4 nitrogen and oxygen atoms in total. The Morgan fingerprint density at radius 1 is 1.47 bits per heavy atom. The Morgan fingerprint density at radius 2 is 2.27 bits per heavy atom. The van der Waals surface area contributed by atoms with Gasteiger partial charge in [-0.15, -0.1) is 0 Å². The summed E-state index contributed by atoms with van der Waals surface area (Å²) in [5, 5.41) is 12.5. The Hall–Kier alpha value is -1.55. The lowest BCUT2D eigenvalue weighted by Crippen LogP contribution is -2.32. The van der Waals surface area contributed by atoms with Crippen molar-refractivity contribution in [3.8, 4) is 5.75 Å². The first-order valence-corrected chi connectivity index (χ1v) is 4.94. The first kappa shape index (κ1) is 9.98. The number of rotatable bonds is 3. The molecular formula is C11H13NO3. The van der Waals surface area contributed by atoms with Crippen LogP contribution in [0.4, 0.5) is 0 Å². The quantitative estimate of drug-likeness (QED) is 0.720. The van der Waals surface area contributed by atoms with Crippen molar-refractivity contribution < 1.29 is 14.6 Å². The fourth-order valence-electron chi connectivity index (χ4n) is 1.57. The van der Waals surface area contributed by atoms with Crippen molar-refractivity contribution in [1.29, 1.82) is 0 Å². The lowest BCUT2D eigenvalue weighted by molar-refractivity contribution is -0.139. The van der Waals surface area contributed by atoms with Gasteiger partial charge >= 0.3 is 5.97 Å². The summed E-state index contributed by atoms with van der Waals surface area (Å²) in [5.74, 6) is 0.0433. The molecule has 1 aliphatic heterocycles. The summed E-state index contributed by atoms with van der Waals surface area (Å²) in [6.07, 6.45) is 0.701. The van der Waals surface area contributed by atoms with E-state index in [2.05, 4.69) is 5.32 Å². The van der Waals surface area contributed by atoms with Gasteiger partial charge < -0.3 is 15.2 Å². The third-order valence-corrected chi connectivity index (χ3v) is 2.47. The minimum Gasteiger partial charge on any atom is -0.508 e. The number of carbonyl (C=O) groups is 1. The van der Waals surface area contributed by atoms with E-state index in [0.29, 0.717) is 19.6 Å². The van der Waals surface area contributed by atoms with Gasteiger partial charge in [-0.2, -0.15) is 0 Å². The lowest BCUT2D eigenvalue weighted by Gasteiger charge is -2.09. The van der Waals surface area contributed by atoms with E-state index in [9.17, 15) is 9.90 Å². The molecule has 0 amide bonds. The zero-order valence-corrected chi connectivity index (χ0v) is 8.27. The van der Waals surface area contributed by atoms with Crippen molar-refractivity contribution in [2.24, 2.45) is 0 Å². The van der Waals surface area contributed by atoms with Gasteiger partial charge in [0.15, 0.2) is 0 Å². The van der Waals surface area contributed by atoms with Crippen LogP contribution in [0.3, 0.4) is 0 Å². The average molecular weight is 207 g/mol. The topological polar surface area (TPSA) is 58.6 Å². The summed E-state index contributed by atoms with van der Waals surface area (Å²) in [5.41, 5.74) is 0.789. The molecular weight excluding hydrogens is 194 g/mol. The molecule has 1 heterocycles. The van der Waals surface area contributed by atoms with Gasteiger partial charge in [-0.05, 0) is 6.07 Å². The molecule has 0 radical (unpaired) electrons. The fourth-order valence-corrected chi connectivity index (χ4v) is 1.57. The number of ether oxygens (including phenoxy) is 1. The number of aromatic hydroxyl groups is 1. The first-order chi connectivity index (χ1) is 7.27. The SMILES string of the molecule is O=C1OCCC1NCc1ccccc1O. The zero-order chi connectivity index (χ0) is 10.7. The monoisotopic (exact) mass is 207 g/mol. The van der Waals surface area contributed by atoms with E-state index >= 15 is 0 Å². The number of carbonyl (C=O) groups excluding carboxylic acids is 1. The molecule has 1 unspecified atom stereocenters. The van der Waals surface area contributed by atoms with Crippen molar-refractivity contribution in [2.45, 2.75) is 19.0 Å². The molecule has 0 bridgehead atoms. The third kappa shape index (κ3) is 2.27. The van der Waals surface area contributed by atoms with Gasteiger partial charge in [0.25, 0.3) is 0 Å². The fraction of sp³-hybridized carbons (Fsp3) is 0.364. The number of nitrogens with one attached hydrogen (secondary N) is 1. The van der Waals surface area contributed by atoms with E-state index in [1.807, 2.05) is 12.1 Å². The van der Waals surface area contributed by atoms with Crippen LogP contribution in [0.25, 0.3) is 0 Å². The van der Waals surface area contributed by atoms with E-state index in [4.69, 9.17) is 4.74 Å². The predicted molar refractivity (Wildman–Crippen MR) is 54.3 cm³/mol. The highest BCUT2D eigenvalue weighted by atomic mass is 16.5. The van der Waals surface area contributed by atoms with Crippen LogP contribution < -0.4 is 5.32 Å². The second-order valence-corrected chi connectivity index (χ2v) is 3.52. The Kier molecular flexibility index (Phi) is 2.87. The largest absolute Gasteiger partial charge is 0.508 e. The maximum Gasteiger partial charge on any atom is 0.323 e. The van der Waals surface area contributed by atoms with Crippen LogP contribution in [-0.2, 0) is 16.1 Å². The molecule has 0 saturated carbocycles. The Bertz CT molecular complexity index is 365. The summed E-state index contributed by atoms with van der Waals surface area (Å²) in [4.78, 5) is 11.1. The van der Waals surface area contributed by atoms with Gasteiger partial charge in [0.2, 0.25) is 0 Å². The summed E-state index contributed by atoms with van der Waals surface area (Å²) < 4.78 is 4.82. The van der Waals surface area contributed by atoms with Gasteiger partial charge in [-0.1, -0.05) is 18.2 Å². The Morgan fingerprint density at radius 3 is 2.93 bits per heavy atom. The van der Waals surface area contributed by atoms with Crippen LogP contribution >= 0.6 is 0 Å². The van der Waals surface area contributed by atoms with Crippen LogP contribution in [0, 0.1) is 0 Å². The highest BCUT2D eigenvalue weighted by Gasteiger charge is 2.25. The van der Waals surface area contributed by atoms with Crippen molar-refractivity contribution >= 4 is 5.97 Å². The maximum absolute atomic E-state index is 11.1. The molecule has 1 aromatic rings. The number of hydrogen-bond donors (Lipinski definition) is 2. The molecule has 80 valence electrons. The minimum atomic E-state index is -0.232. The number of phenols is 1. The first-order valence-electron chi connectivity index (χ1n) is 4.94. The molecule has 1 fully saturated rings. The smallest absolute Gasteiger partial charge is 0.323 e. The molecule has 0 spiro atoms. The second-order valence-electron chi connectivity index (χ2n) is 3.52. The normalized spacial score (nSPS) is 20.3.